The van der Waals surface area contributed by atoms with Crippen LogP contribution in [0.15, 0.2) is 24.3 Å². The molecule has 1 aliphatic carbocycles. The van der Waals surface area contributed by atoms with Gasteiger partial charge in [0.1, 0.15) is 0 Å². The highest BCUT2D eigenvalue weighted by Crippen LogP contribution is 2.39. The van der Waals surface area contributed by atoms with Crippen molar-refractivity contribution in [2.24, 2.45) is 5.73 Å². The van der Waals surface area contributed by atoms with E-state index in [1.807, 2.05) is 11.0 Å². The van der Waals surface area contributed by atoms with E-state index in [0.29, 0.717) is 6.42 Å². The quantitative estimate of drug-likeness (QED) is 0.682. The van der Waals surface area contributed by atoms with Crippen LogP contribution in [0.5, 0.6) is 0 Å². The van der Waals surface area contributed by atoms with Crippen LogP contribution in [0.3, 0.4) is 0 Å². The monoisotopic (exact) mass is 289 g/mol. The molecule has 2 atom stereocenters. The molecular formula is C15H19N3O3. The molecule has 2 aliphatic rings. The zero-order valence-corrected chi connectivity index (χ0v) is 11.8. The van der Waals surface area contributed by atoms with Crippen molar-refractivity contribution in [2.75, 3.05) is 0 Å². The molecule has 1 amide bonds. The van der Waals surface area contributed by atoms with Crippen LogP contribution in [0.4, 0.5) is 5.69 Å². The van der Waals surface area contributed by atoms with E-state index in [4.69, 9.17) is 5.73 Å². The number of benzene rings is 1. The lowest BCUT2D eigenvalue weighted by molar-refractivity contribution is -0.385. The van der Waals surface area contributed by atoms with Gasteiger partial charge in [0.05, 0.1) is 11.0 Å². The number of nitrogens with zero attached hydrogens (tertiary/aromatic N) is 2. The van der Waals surface area contributed by atoms with Crippen LogP contribution in [0.1, 0.15) is 43.7 Å². The maximum absolute atomic E-state index is 12.4. The first kappa shape index (κ1) is 14.0. The van der Waals surface area contributed by atoms with Gasteiger partial charge in [-0.2, -0.15) is 0 Å². The Labute approximate surface area is 123 Å². The van der Waals surface area contributed by atoms with E-state index in [1.165, 1.54) is 6.07 Å². The minimum atomic E-state index is -0.408. The molecule has 3 rings (SSSR count). The van der Waals surface area contributed by atoms with Crippen LogP contribution in [-0.4, -0.2) is 27.8 Å². The van der Waals surface area contributed by atoms with Crippen molar-refractivity contribution in [1.29, 1.82) is 0 Å². The second-order valence-corrected chi connectivity index (χ2v) is 5.89. The third-order valence-corrected chi connectivity index (χ3v) is 4.28. The number of non-ortho nitro benzene ring substituents is 1. The maximum atomic E-state index is 12.4. The zero-order valence-electron chi connectivity index (χ0n) is 11.8. The average Bonchev–Trinajstić information content (AvgIpc) is 3.28. The number of nitro benzene ring substituents is 1. The van der Waals surface area contributed by atoms with E-state index in [2.05, 4.69) is 0 Å². The topological polar surface area (TPSA) is 89.5 Å². The summed E-state index contributed by atoms with van der Waals surface area (Å²) >= 11 is 0. The molecule has 21 heavy (non-hydrogen) atoms. The Kier molecular flexibility index (Phi) is 3.63. The van der Waals surface area contributed by atoms with Crippen molar-refractivity contribution >= 4 is 11.6 Å². The lowest BCUT2D eigenvalue weighted by atomic mass is 9.96. The summed E-state index contributed by atoms with van der Waals surface area (Å²) in [6.07, 6.45) is 4.08. The summed E-state index contributed by atoms with van der Waals surface area (Å²) in [5, 5.41) is 11.0. The molecule has 0 spiro atoms. The van der Waals surface area contributed by atoms with Crippen molar-refractivity contribution in [1.82, 2.24) is 4.90 Å². The minimum Gasteiger partial charge on any atom is -0.331 e. The first-order valence-corrected chi connectivity index (χ1v) is 7.39. The second-order valence-electron chi connectivity index (χ2n) is 5.89. The molecule has 0 bridgehead atoms. The molecule has 2 unspecified atom stereocenters. The number of likely N-dealkylation sites (tertiary alicyclic amines) is 1. The highest BCUT2D eigenvalue weighted by molar-refractivity contribution is 5.78. The minimum absolute atomic E-state index is 0.0483. The molecule has 0 aromatic heterocycles. The zero-order chi connectivity index (χ0) is 15.0. The van der Waals surface area contributed by atoms with Crippen LogP contribution in [0.25, 0.3) is 0 Å². The van der Waals surface area contributed by atoms with Gasteiger partial charge in [-0.25, -0.2) is 0 Å². The number of amides is 1. The van der Waals surface area contributed by atoms with Gasteiger partial charge in [0.2, 0.25) is 5.91 Å². The van der Waals surface area contributed by atoms with Crippen LogP contribution >= 0.6 is 0 Å². The first-order valence-electron chi connectivity index (χ1n) is 7.39. The van der Waals surface area contributed by atoms with E-state index in [1.54, 1.807) is 12.1 Å². The third-order valence-electron chi connectivity index (χ3n) is 4.28. The standard InChI is InChI=1S/C15H19N3O3/c16-13-5-2-6-14(19)17(11-7-8-11)15(13)10-3-1-4-12(9-10)18(20)21/h1,3-4,9,11,13,15H,2,5-8,16H2. The third kappa shape index (κ3) is 2.76. The van der Waals surface area contributed by atoms with E-state index in [-0.39, 0.29) is 29.7 Å². The fourth-order valence-electron chi connectivity index (χ4n) is 3.15. The van der Waals surface area contributed by atoms with Crippen LogP contribution < -0.4 is 5.73 Å². The molecule has 0 radical (unpaired) electrons. The molecule has 6 nitrogen and oxygen atoms in total. The Hall–Kier alpha value is -1.95. The van der Waals surface area contributed by atoms with Crippen LogP contribution in [-0.2, 0) is 4.79 Å². The summed E-state index contributed by atoms with van der Waals surface area (Å²) in [6.45, 7) is 0. The highest BCUT2D eigenvalue weighted by atomic mass is 16.6. The molecule has 1 aromatic carbocycles. The van der Waals surface area contributed by atoms with Crippen molar-refractivity contribution < 1.29 is 9.72 Å². The largest absolute Gasteiger partial charge is 0.331 e. The van der Waals surface area contributed by atoms with Crippen molar-refractivity contribution in [3.8, 4) is 0 Å². The number of hydrogen-bond acceptors (Lipinski definition) is 4. The van der Waals surface area contributed by atoms with Gasteiger partial charge in [-0.15, -0.1) is 0 Å². The van der Waals surface area contributed by atoms with Gasteiger partial charge in [0.15, 0.2) is 0 Å². The Bertz CT molecular complexity index is 571. The lowest BCUT2D eigenvalue weighted by Crippen LogP contribution is -2.43. The predicted molar refractivity (Wildman–Crippen MR) is 77.5 cm³/mol. The number of hydrogen-bond donors (Lipinski definition) is 1. The summed E-state index contributed by atoms with van der Waals surface area (Å²) in [4.78, 5) is 24.8. The van der Waals surface area contributed by atoms with E-state index in [9.17, 15) is 14.9 Å². The number of carbonyl (C=O) groups is 1. The molecule has 6 heteroatoms. The molecule has 2 fully saturated rings. The lowest BCUT2D eigenvalue weighted by Gasteiger charge is -2.34. The van der Waals surface area contributed by atoms with Crippen molar-refractivity contribution in [2.45, 2.75) is 50.2 Å². The van der Waals surface area contributed by atoms with E-state index in [0.717, 1.165) is 31.2 Å². The van der Waals surface area contributed by atoms with Gasteiger partial charge >= 0.3 is 0 Å². The number of carbonyl (C=O) groups excluding carboxylic acids is 1. The van der Waals surface area contributed by atoms with Gasteiger partial charge in [-0.1, -0.05) is 12.1 Å². The number of nitrogens with two attached hydrogens (primary N) is 1. The molecule has 1 aromatic rings. The summed E-state index contributed by atoms with van der Waals surface area (Å²) < 4.78 is 0. The molecule has 2 N–H and O–H groups in total. The predicted octanol–water partition coefficient (Wildman–Crippen LogP) is 2.14. The van der Waals surface area contributed by atoms with Crippen LogP contribution in [0.2, 0.25) is 0 Å². The highest BCUT2D eigenvalue weighted by Gasteiger charge is 2.41. The van der Waals surface area contributed by atoms with Crippen molar-refractivity contribution in [3.05, 3.63) is 39.9 Å². The summed E-state index contributed by atoms with van der Waals surface area (Å²) in [5.74, 6) is 0.127. The van der Waals surface area contributed by atoms with Gasteiger partial charge in [0, 0.05) is 30.6 Å². The van der Waals surface area contributed by atoms with Gasteiger partial charge in [-0.05, 0) is 31.2 Å². The van der Waals surface area contributed by atoms with Gasteiger partial charge in [-0.3, -0.25) is 14.9 Å². The molecule has 1 saturated carbocycles. The molecule has 1 aliphatic heterocycles. The average molecular weight is 289 g/mol. The second kappa shape index (κ2) is 5.44. The number of nitro groups is 1. The fraction of sp³-hybridized carbons (Fsp3) is 0.533. The number of rotatable bonds is 3. The summed E-state index contributed by atoms with van der Waals surface area (Å²) in [5.41, 5.74) is 7.12. The SMILES string of the molecule is NC1CCCC(=O)N(C2CC2)C1c1cccc([N+](=O)[O-])c1. The van der Waals surface area contributed by atoms with Crippen molar-refractivity contribution in [3.63, 3.8) is 0 Å². The molecular weight excluding hydrogens is 270 g/mol. The van der Waals surface area contributed by atoms with E-state index >= 15 is 0 Å². The summed E-state index contributed by atoms with van der Waals surface area (Å²) in [6, 6.07) is 6.37. The van der Waals surface area contributed by atoms with Gasteiger partial charge < -0.3 is 10.6 Å². The normalized spacial score (nSPS) is 26.5. The smallest absolute Gasteiger partial charge is 0.269 e. The molecule has 112 valence electrons. The first-order chi connectivity index (χ1) is 10.1. The maximum Gasteiger partial charge on any atom is 0.269 e. The molecule has 1 saturated heterocycles. The Morgan fingerprint density at radius 1 is 1.29 bits per heavy atom. The van der Waals surface area contributed by atoms with E-state index < -0.39 is 4.92 Å². The van der Waals surface area contributed by atoms with Crippen LogP contribution in [0, 0.1) is 10.1 Å². The Morgan fingerprint density at radius 3 is 2.71 bits per heavy atom. The Balaban J connectivity index is 2.00. The fourth-order valence-corrected chi connectivity index (χ4v) is 3.15. The molecule has 1 heterocycles. The van der Waals surface area contributed by atoms with Gasteiger partial charge in [0.25, 0.3) is 5.69 Å². The summed E-state index contributed by atoms with van der Waals surface area (Å²) in [7, 11) is 0. The Morgan fingerprint density at radius 2 is 2.05 bits per heavy atom.